The lowest BCUT2D eigenvalue weighted by atomic mass is 10.2. The Labute approximate surface area is 157 Å². The summed E-state index contributed by atoms with van der Waals surface area (Å²) in [6, 6.07) is 7.66. The van der Waals surface area contributed by atoms with Gasteiger partial charge in [-0.2, -0.15) is 0 Å². The molecule has 3 aromatic rings. The average molecular weight is 372 g/mol. The fourth-order valence-corrected chi connectivity index (χ4v) is 3.62. The van der Waals surface area contributed by atoms with Crippen molar-refractivity contribution in [2.24, 2.45) is 0 Å². The number of thiophene rings is 1. The predicted molar refractivity (Wildman–Crippen MR) is 106 cm³/mol. The summed E-state index contributed by atoms with van der Waals surface area (Å²) in [4.78, 5) is 23.5. The quantitative estimate of drug-likeness (QED) is 0.654. The number of H-pyrrole nitrogens is 1. The summed E-state index contributed by atoms with van der Waals surface area (Å²) in [5.74, 6) is 0.943. The van der Waals surface area contributed by atoms with Crippen LogP contribution in [0, 0.1) is 6.92 Å². The molecule has 1 aromatic carbocycles. The number of hydrogen-bond acceptors (Lipinski definition) is 4. The maximum Gasteiger partial charge on any atom is 0.322 e. The van der Waals surface area contributed by atoms with Crippen molar-refractivity contribution in [3.8, 4) is 0 Å². The maximum atomic E-state index is 12.8. The molecule has 7 heteroatoms. The van der Waals surface area contributed by atoms with Crippen molar-refractivity contribution in [3.05, 3.63) is 45.9 Å². The van der Waals surface area contributed by atoms with E-state index in [0.29, 0.717) is 19.7 Å². The number of amides is 2. The van der Waals surface area contributed by atoms with Gasteiger partial charge in [-0.25, -0.2) is 9.78 Å². The van der Waals surface area contributed by atoms with Gasteiger partial charge in [-0.1, -0.05) is 6.92 Å². The molecule has 0 atom stereocenters. The number of nitrogens with zero attached hydrogens (tertiary/aromatic N) is 2. The van der Waals surface area contributed by atoms with Gasteiger partial charge in [0.05, 0.1) is 24.2 Å². The Bertz CT molecular complexity index is 887. The zero-order valence-corrected chi connectivity index (χ0v) is 16.2. The molecule has 0 aliphatic heterocycles. The van der Waals surface area contributed by atoms with Crippen molar-refractivity contribution in [2.45, 2.75) is 26.8 Å². The van der Waals surface area contributed by atoms with Gasteiger partial charge in [-0.05, 0) is 42.1 Å². The molecule has 26 heavy (non-hydrogen) atoms. The molecule has 2 heterocycles. The lowest BCUT2D eigenvalue weighted by Gasteiger charge is -2.22. The molecule has 138 valence electrons. The van der Waals surface area contributed by atoms with Crippen LogP contribution in [0.25, 0.3) is 11.0 Å². The van der Waals surface area contributed by atoms with Crippen molar-refractivity contribution in [3.63, 3.8) is 0 Å². The lowest BCUT2D eigenvalue weighted by Crippen LogP contribution is -2.36. The van der Waals surface area contributed by atoms with Crippen LogP contribution in [-0.2, 0) is 17.7 Å². The minimum Gasteiger partial charge on any atom is -0.383 e. The van der Waals surface area contributed by atoms with Crippen molar-refractivity contribution in [1.82, 2.24) is 14.9 Å². The number of nitrogens with one attached hydrogen (secondary N) is 2. The van der Waals surface area contributed by atoms with Gasteiger partial charge in [-0.15, -0.1) is 11.3 Å². The van der Waals surface area contributed by atoms with E-state index in [1.54, 1.807) is 23.3 Å². The van der Waals surface area contributed by atoms with Crippen LogP contribution in [0.3, 0.4) is 0 Å². The highest BCUT2D eigenvalue weighted by Crippen LogP contribution is 2.20. The fraction of sp³-hybridized carbons (Fsp3) is 0.368. The normalized spacial score (nSPS) is 11.0. The summed E-state index contributed by atoms with van der Waals surface area (Å²) in [6.45, 7) is 5.73. The number of benzene rings is 1. The summed E-state index contributed by atoms with van der Waals surface area (Å²) in [6.07, 6.45) is 0.849. The minimum absolute atomic E-state index is 0.135. The first-order valence-corrected chi connectivity index (χ1v) is 9.55. The first-order valence-electron chi connectivity index (χ1n) is 8.67. The lowest BCUT2D eigenvalue weighted by molar-refractivity contribution is 0.153. The van der Waals surface area contributed by atoms with Gasteiger partial charge in [0, 0.05) is 30.6 Å². The monoisotopic (exact) mass is 372 g/mol. The molecule has 3 rings (SSSR count). The third-order valence-corrected chi connectivity index (χ3v) is 5.28. The number of urea groups is 1. The number of imidazole rings is 1. The number of rotatable bonds is 7. The van der Waals surface area contributed by atoms with Gasteiger partial charge in [0.15, 0.2) is 0 Å². The summed E-state index contributed by atoms with van der Waals surface area (Å²) in [5.41, 5.74) is 3.79. The molecular formula is C19H24N4O2S. The van der Waals surface area contributed by atoms with Crippen LogP contribution in [0.4, 0.5) is 10.5 Å². The predicted octanol–water partition coefficient (Wildman–Crippen LogP) is 4.18. The second-order valence-corrected chi connectivity index (χ2v) is 7.14. The zero-order chi connectivity index (χ0) is 18.5. The van der Waals surface area contributed by atoms with E-state index >= 15 is 0 Å². The molecule has 0 bridgehead atoms. The molecular weight excluding hydrogens is 348 g/mol. The Morgan fingerprint density at radius 2 is 2.23 bits per heavy atom. The number of aromatic amines is 1. The zero-order valence-electron chi connectivity index (χ0n) is 15.3. The molecule has 0 unspecified atom stereocenters. The third-order valence-electron chi connectivity index (χ3n) is 4.27. The van der Waals surface area contributed by atoms with Crippen LogP contribution in [0.15, 0.2) is 29.6 Å². The highest BCUT2D eigenvalue weighted by Gasteiger charge is 2.16. The Morgan fingerprint density at radius 1 is 1.38 bits per heavy atom. The van der Waals surface area contributed by atoms with Gasteiger partial charge in [0.2, 0.25) is 0 Å². The van der Waals surface area contributed by atoms with Crippen LogP contribution in [0.5, 0.6) is 0 Å². The van der Waals surface area contributed by atoms with Crippen LogP contribution < -0.4 is 5.32 Å². The number of carbonyl (C=O) groups excluding carboxylic acids is 1. The van der Waals surface area contributed by atoms with Crippen LogP contribution in [0.1, 0.15) is 23.2 Å². The Kier molecular flexibility index (Phi) is 5.90. The Morgan fingerprint density at radius 3 is 2.92 bits per heavy atom. The van der Waals surface area contributed by atoms with E-state index in [2.05, 4.69) is 40.6 Å². The summed E-state index contributed by atoms with van der Waals surface area (Å²) in [5, 5.41) is 5.04. The second-order valence-electron chi connectivity index (χ2n) is 6.14. The van der Waals surface area contributed by atoms with Gasteiger partial charge in [0.25, 0.3) is 0 Å². The molecule has 0 aliphatic rings. The van der Waals surface area contributed by atoms with Crippen LogP contribution in [-0.4, -0.2) is 41.2 Å². The largest absolute Gasteiger partial charge is 0.383 e. The first kappa shape index (κ1) is 18.4. The third kappa shape index (κ3) is 4.23. The molecule has 2 aromatic heterocycles. The molecule has 0 saturated carbocycles. The van der Waals surface area contributed by atoms with Crippen molar-refractivity contribution < 1.29 is 9.53 Å². The number of ether oxygens (including phenoxy) is 1. The standard InChI is InChI=1S/C19H24N4O2S/c1-4-18-21-15-6-5-14(11-16(15)22-18)20-19(24)23(8-9-25-3)12-17-13(2)7-10-26-17/h5-7,10-11H,4,8-9,12H2,1-3H3,(H,20,24)(H,21,22). The van der Waals surface area contributed by atoms with Crippen molar-refractivity contribution >= 4 is 34.1 Å². The number of fused-ring (bicyclic) bond motifs is 1. The van der Waals surface area contributed by atoms with E-state index < -0.39 is 0 Å². The average Bonchev–Trinajstić information content (AvgIpc) is 3.23. The number of carbonyl (C=O) groups is 1. The number of anilines is 1. The highest BCUT2D eigenvalue weighted by atomic mass is 32.1. The Hall–Kier alpha value is -2.38. The van der Waals surface area contributed by atoms with Crippen LogP contribution in [0.2, 0.25) is 0 Å². The maximum absolute atomic E-state index is 12.8. The molecule has 6 nitrogen and oxygen atoms in total. The summed E-state index contributed by atoms with van der Waals surface area (Å²) in [7, 11) is 1.64. The molecule has 0 fully saturated rings. The summed E-state index contributed by atoms with van der Waals surface area (Å²) < 4.78 is 5.16. The number of hydrogen-bond donors (Lipinski definition) is 2. The summed E-state index contributed by atoms with van der Waals surface area (Å²) >= 11 is 1.67. The van der Waals surface area contributed by atoms with Gasteiger partial charge in [-0.3, -0.25) is 0 Å². The topological polar surface area (TPSA) is 70.2 Å². The number of aromatic nitrogens is 2. The Balaban J connectivity index is 1.74. The van der Waals surface area contributed by atoms with Crippen LogP contribution >= 0.6 is 11.3 Å². The van der Waals surface area contributed by atoms with Crippen molar-refractivity contribution in [2.75, 3.05) is 25.6 Å². The van der Waals surface area contributed by atoms with E-state index in [4.69, 9.17) is 4.74 Å². The molecule has 0 saturated heterocycles. The van der Waals surface area contributed by atoms with Gasteiger partial charge < -0.3 is 19.9 Å². The number of aryl methyl sites for hydroxylation is 2. The highest BCUT2D eigenvalue weighted by molar-refractivity contribution is 7.10. The molecule has 0 spiro atoms. The molecule has 0 aliphatic carbocycles. The van der Waals surface area contributed by atoms with E-state index in [9.17, 15) is 4.79 Å². The number of methoxy groups -OCH3 is 1. The smallest absolute Gasteiger partial charge is 0.322 e. The van der Waals surface area contributed by atoms with E-state index in [-0.39, 0.29) is 6.03 Å². The van der Waals surface area contributed by atoms with Crippen molar-refractivity contribution in [1.29, 1.82) is 0 Å². The van der Waals surface area contributed by atoms with E-state index in [0.717, 1.165) is 29.0 Å². The van der Waals surface area contributed by atoms with Gasteiger partial charge >= 0.3 is 6.03 Å². The SMILES string of the molecule is CCc1nc2ccc(NC(=O)N(CCOC)Cc3sccc3C)cc2[nH]1. The first-order chi connectivity index (χ1) is 12.6. The molecule has 2 N–H and O–H groups in total. The van der Waals surface area contributed by atoms with E-state index in [1.165, 1.54) is 10.4 Å². The minimum atomic E-state index is -0.135. The second kappa shape index (κ2) is 8.33. The fourth-order valence-electron chi connectivity index (χ4n) is 2.70. The van der Waals surface area contributed by atoms with Gasteiger partial charge in [0.1, 0.15) is 5.82 Å². The van der Waals surface area contributed by atoms with E-state index in [1.807, 2.05) is 18.2 Å². The molecule has 0 radical (unpaired) electrons. The molecule has 2 amide bonds.